The number of nitrogens with zero attached hydrogens (tertiary/aromatic N) is 1. The van der Waals surface area contributed by atoms with Gasteiger partial charge in [0.2, 0.25) is 0 Å². The summed E-state index contributed by atoms with van der Waals surface area (Å²) in [5, 5.41) is 0. The topological polar surface area (TPSA) is 77.0 Å². The van der Waals surface area contributed by atoms with E-state index >= 15 is 0 Å². The molecule has 10 heavy (non-hydrogen) atoms. The number of hydrogen-bond donors (Lipinski definition) is 3. The lowest BCUT2D eigenvalue weighted by Gasteiger charge is -2.02. The van der Waals surface area contributed by atoms with Crippen molar-refractivity contribution in [2.45, 2.75) is 6.92 Å². The maximum Gasteiger partial charge on any atom is 0.148 e. The largest absolute Gasteiger partial charge is 0.382 e. The molecule has 4 heteroatoms. The Morgan fingerprint density at radius 2 is 2.30 bits per heavy atom. The average molecular weight is 138 g/mol. The van der Waals surface area contributed by atoms with Gasteiger partial charge in [-0.1, -0.05) is 0 Å². The van der Waals surface area contributed by atoms with Gasteiger partial charge in [0, 0.05) is 6.20 Å². The van der Waals surface area contributed by atoms with E-state index in [0.717, 1.165) is 5.56 Å². The van der Waals surface area contributed by atoms with Crippen LogP contribution in [0.2, 0.25) is 0 Å². The number of pyridine rings is 1. The van der Waals surface area contributed by atoms with Gasteiger partial charge in [0.1, 0.15) is 5.82 Å². The van der Waals surface area contributed by atoms with E-state index in [9.17, 15) is 0 Å². The van der Waals surface area contributed by atoms with Gasteiger partial charge in [-0.2, -0.15) is 0 Å². The van der Waals surface area contributed by atoms with Crippen molar-refractivity contribution in [2.75, 3.05) is 11.2 Å². The zero-order valence-electron chi connectivity index (χ0n) is 5.76. The van der Waals surface area contributed by atoms with Crippen LogP contribution >= 0.6 is 0 Å². The van der Waals surface area contributed by atoms with Crippen LogP contribution in [0.25, 0.3) is 0 Å². The van der Waals surface area contributed by atoms with Gasteiger partial charge in [-0.25, -0.2) is 4.98 Å². The Balaban J connectivity index is 3.09. The second kappa shape index (κ2) is 2.53. The second-order valence-corrected chi connectivity index (χ2v) is 2.09. The molecule has 0 radical (unpaired) electrons. The quantitative estimate of drug-likeness (QED) is 0.384. The van der Waals surface area contributed by atoms with Crippen LogP contribution in [0.1, 0.15) is 5.56 Å². The first-order valence-electron chi connectivity index (χ1n) is 2.93. The highest BCUT2D eigenvalue weighted by molar-refractivity contribution is 5.61. The van der Waals surface area contributed by atoms with Crippen LogP contribution in [0.5, 0.6) is 0 Å². The van der Waals surface area contributed by atoms with Crippen molar-refractivity contribution in [1.29, 1.82) is 0 Å². The van der Waals surface area contributed by atoms with Gasteiger partial charge in [-0.15, -0.1) is 0 Å². The summed E-state index contributed by atoms with van der Waals surface area (Å²) in [5.74, 6) is 5.57. The lowest BCUT2D eigenvalue weighted by Crippen LogP contribution is -2.10. The van der Waals surface area contributed by atoms with E-state index in [1.165, 1.54) is 0 Å². The number of hydrogen-bond acceptors (Lipinski definition) is 4. The van der Waals surface area contributed by atoms with Gasteiger partial charge in [0.05, 0.1) is 5.69 Å². The third kappa shape index (κ3) is 1.16. The number of hydrazine groups is 1. The monoisotopic (exact) mass is 138 g/mol. The summed E-state index contributed by atoms with van der Waals surface area (Å²) in [6.07, 6.45) is 1.69. The number of aryl methyl sites for hydroxylation is 1. The molecule has 0 unspecified atom stereocenters. The number of anilines is 2. The molecular weight excluding hydrogens is 128 g/mol. The summed E-state index contributed by atoms with van der Waals surface area (Å²) in [4.78, 5) is 3.88. The van der Waals surface area contributed by atoms with Crippen molar-refractivity contribution < 1.29 is 0 Å². The molecule has 0 aliphatic carbocycles. The molecule has 0 fully saturated rings. The summed E-state index contributed by atoms with van der Waals surface area (Å²) in [5.41, 5.74) is 9.59. The van der Waals surface area contributed by atoms with Crippen molar-refractivity contribution in [2.24, 2.45) is 5.84 Å². The fourth-order valence-electron chi connectivity index (χ4n) is 0.695. The van der Waals surface area contributed by atoms with Crippen LogP contribution in [-0.4, -0.2) is 4.98 Å². The molecule has 1 rings (SSSR count). The molecule has 0 amide bonds. The number of rotatable bonds is 1. The van der Waals surface area contributed by atoms with Gasteiger partial charge in [-0.3, -0.25) is 5.84 Å². The highest BCUT2D eigenvalue weighted by atomic mass is 15.2. The molecular formula is C6H10N4. The highest BCUT2D eigenvalue weighted by Gasteiger charge is 1.95. The molecule has 0 aliphatic rings. The minimum absolute atomic E-state index is 0.424. The molecule has 0 bridgehead atoms. The van der Waals surface area contributed by atoms with Crippen molar-refractivity contribution in [1.82, 2.24) is 4.98 Å². The van der Waals surface area contributed by atoms with Gasteiger partial charge in [-0.05, 0) is 18.6 Å². The molecule has 0 saturated carbocycles. The van der Waals surface area contributed by atoms with Crippen LogP contribution < -0.4 is 17.0 Å². The predicted molar refractivity (Wildman–Crippen MR) is 41.2 cm³/mol. The highest BCUT2D eigenvalue weighted by Crippen LogP contribution is 2.13. The molecule has 5 N–H and O–H groups in total. The summed E-state index contributed by atoms with van der Waals surface area (Å²) in [7, 11) is 0. The number of nitrogens with two attached hydrogens (primary N) is 2. The average Bonchev–Trinajstić information content (AvgIpc) is 1.94. The third-order valence-corrected chi connectivity index (χ3v) is 1.21. The van der Waals surface area contributed by atoms with Gasteiger partial charge in [0.25, 0.3) is 0 Å². The molecule has 1 aromatic rings. The zero-order valence-corrected chi connectivity index (χ0v) is 5.76. The van der Waals surface area contributed by atoms with Crippen LogP contribution in [0.3, 0.4) is 0 Å². The molecule has 54 valence electrons. The van der Waals surface area contributed by atoms with E-state index in [1.807, 2.05) is 13.0 Å². The normalized spacial score (nSPS) is 9.40. The van der Waals surface area contributed by atoms with E-state index in [-0.39, 0.29) is 0 Å². The Labute approximate surface area is 59.2 Å². The lowest BCUT2D eigenvalue weighted by molar-refractivity contribution is 1.24. The predicted octanol–water partition coefficient (Wildman–Crippen LogP) is 0.258. The van der Waals surface area contributed by atoms with Crippen molar-refractivity contribution in [3.63, 3.8) is 0 Å². The fourth-order valence-corrected chi connectivity index (χ4v) is 0.695. The SMILES string of the molecule is Cc1cnc(N)c(NN)c1. The molecule has 0 atom stereocenters. The van der Waals surface area contributed by atoms with Crippen LogP contribution in [0.4, 0.5) is 11.5 Å². The van der Waals surface area contributed by atoms with Gasteiger partial charge in [0.15, 0.2) is 0 Å². The van der Waals surface area contributed by atoms with E-state index in [4.69, 9.17) is 11.6 Å². The van der Waals surface area contributed by atoms with Crippen LogP contribution in [0.15, 0.2) is 12.3 Å². The van der Waals surface area contributed by atoms with Crippen molar-refractivity contribution in [3.8, 4) is 0 Å². The summed E-state index contributed by atoms with van der Waals surface area (Å²) >= 11 is 0. The van der Waals surface area contributed by atoms with Crippen LogP contribution in [0, 0.1) is 6.92 Å². The molecule has 1 heterocycles. The molecule has 0 aliphatic heterocycles. The minimum atomic E-state index is 0.424. The van der Waals surface area contributed by atoms with E-state index < -0.39 is 0 Å². The molecule has 0 spiro atoms. The standard InChI is InChI=1S/C6H10N4/c1-4-2-5(10-8)6(7)9-3-4/h2-3,10H,8H2,1H3,(H2,7,9). The van der Waals surface area contributed by atoms with E-state index in [2.05, 4.69) is 10.4 Å². The Bertz CT molecular complexity index is 233. The molecule has 0 saturated heterocycles. The smallest absolute Gasteiger partial charge is 0.148 e. The number of nitrogen functional groups attached to an aromatic ring is 2. The van der Waals surface area contributed by atoms with E-state index in [1.54, 1.807) is 6.20 Å². The third-order valence-electron chi connectivity index (χ3n) is 1.21. The molecule has 4 nitrogen and oxygen atoms in total. The van der Waals surface area contributed by atoms with E-state index in [0.29, 0.717) is 11.5 Å². The van der Waals surface area contributed by atoms with Gasteiger partial charge >= 0.3 is 0 Å². The zero-order chi connectivity index (χ0) is 7.56. The number of nitrogens with one attached hydrogen (secondary N) is 1. The number of aromatic nitrogens is 1. The molecule has 1 aromatic heterocycles. The first kappa shape index (κ1) is 6.82. The lowest BCUT2D eigenvalue weighted by atomic mass is 10.3. The van der Waals surface area contributed by atoms with Crippen LogP contribution in [-0.2, 0) is 0 Å². The first-order valence-corrected chi connectivity index (χ1v) is 2.93. The first-order chi connectivity index (χ1) is 4.74. The summed E-state index contributed by atoms with van der Waals surface area (Å²) in [6, 6.07) is 1.84. The van der Waals surface area contributed by atoms with Gasteiger partial charge < -0.3 is 11.2 Å². The Hall–Kier alpha value is -1.29. The Morgan fingerprint density at radius 1 is 1.60 bits per heavy atom. The van der Waals surface area contributed by atoms with Crippen molar-refractivity contribution in [3.05, 3.63) is 17.8 Å². The maximum atomic E-state index is 5.45. The second-order valence-electron chi connectivity index (χ2n) is 2.09. The summed E-state index contributed by atoms with van der Waals surface area (Å²) in [6.45, 7) is 1.92. The Morgan fingerprint density at radius 3 is 2.80 bits per heavy atom. The van der Waals surface area contributed by atoms with Crippen molar-refractivity contribution >= 4 is 11.5 Å². The Kier molecular flexibility index (Phi) is 1.73. The summed E-state index contributed by atoms with van der Waals surface area (Å²) < 4.78 is 0. The minimum Gasteiger partial charge on any atom is -0.382 e. The molecule has 0 aromatic carbocycles. The fraction of sp³-hybridized carbons (Fsp3) is 0.167. The maximum absolute atomic E-state index is 5.45.